The number of hydrogen-bond acceptors (Lipinski definition) is 3. The maximum atomic E-state index is 12.5. The van der Waals surface area contributed by atoms with E-state index in [1.54, 1.807) is 4.90 Å². The monoisotopic (exact) mass is 254 g/mol. The Kier molecular flexibility index (Phi) is 3.61. The standard InChI is InChI=1S/C13H22N2O3/c1-13(2)6-3-7-14-11(13)12(18)15(8-10(16)17)9-4-5-9/h9,11,14H,3-8H2,1-2H3,(H,16,17). The van der Waals surface area contributed by atoms with Gasteiger partial charge in [-0.25, -0.2) is 0 Å². The van der Waals surface area contributed by atoms with Crippen LogP contribution in [0.5, 0.6) is 0 Å². The molecule has 5 heteroatoms. The van der Waals surface area contributed by atoms with Gasteiger partial charge >= 0.3 is 5.97 Å². The zero-order valence-corrected chi connectivity index (χ0v) is 11.1. The zero-order valence-electron chi connectivity index (χ0n) is 11.1. The molecule has 1 saturated heterocycles. The van der Waals surface area contributed by atoms with E-state index in [4.69, 9.17) is 5.11 Å². The maximum Gasteiger partial charge on any atom is 0.323 e. The number of carbonyl (C=O) groups excluding carboxylic acids is 1. The average Bonchev–Trinajstić information content (AvgIpc) is 3.08. The van der Waals surface area contributed by atoms with Crippen molar-refractivity contribution in [2.24, 2.45) is 5.41 Å². The van der Waals surface area contributed by atoms with Gasteiger partial charge in [0.25, 0.3) is 0 Å². The summed E-state index contributed by atoms with van der Waals surface area (Å²) in [5.74, 6) is -0.964. The van der Waals surface area contributed by atoms with Gasteiger partial charge in [-0.2, -0.15) is 0 Å². The number of carbonyl (C=O) groups is 2. The third-order valence-electron chi connectivity index (χ3n) is 3.95. The second-order valence-electron chi connectivity index (χ2n) is 6.07. The third-order valence-corrected chi connectivity index (χ3v) is 3.95. The summed E-state index contributed by atoms with van der Waals surface area (Å²) >= 11 is 0. The van der Waals surface area contributed by atoms with E-state index in [0.29, 0.717) is 0 Å². The molecular formula is C13H22N2O3. The molecule has 1 heterocycles. The second kappa shape index (κ2) is 4.88. The predicted molar refractivity (Wildman–Crippen MR) is 67.2 cm³/mol. The first-order valence-electron chi connectivity index (χ1n) is 6.67. The predicted octanol–water partition coefficient (Wildman–Crippen LogP) is 0.840. The van der Waals surface area contributed by atoms with Crippen molar-refractivity contribution in [1.29, 1.82) is 0 Å². The Morgan fingerprint density at radius 1 is 1.39 bits per heavy atom. The van der Waals surface area contributed by atoms with Crippen LogP contribution in [0.3, 0.4) is 0 Å². The fraction of sp³-hybridized carbons (Fsp3) is 0.846. The summed E-state index contributed by atoms with van der Waals surface area (Å²) in [6.07, 6.45) is 3.94. The van der Waals surface area contributed by atoms with Gasteiger partial charge in [0, 0.05) is 6.04 Å². The van der Waals surface area contributed by atoms with Crippen molar-refractivity contribution >= 4 is 11.9 Å². The van der Waals surface area contributed by atoms with Gasteiger partial charge in [-0.05, 0) is 37.6 Å². The number of nitrogens with zero attached hydrogens (tertiary/aromatic N) is 1. The molecule has 0 aromatic carbocycles. The van der Waals surface area contributed by atoms with E-state index < -0.39 is 5.97 Å². The number of nitrogens with one attached hydrogen (secondary N) is 1. The largest absolute Gasteiger partial charge is 0.480 e. The fourth-order valence-corrected chi connectivity index (χ4v) is 2.72. The summed E-state index contributed by atoms with van der Waals surface area (Å²) < 4.78 is 0. The van der Waals surface area contributed by atoms with Crippen LogP contribution in [0.2, 0.25) is 0 Å². The summed E-state index contributed by atoms with van der Waals surface area (Å²) in [6.45, 7) is 4.82. The summed E-state index contributed by atoms with van der Waals surface area (Å²) in [5, 5.41) is 12.2. The van der Waals surface area contributed by atoms with Gasteiger partial charge in [0.05, 0.1) is 6.04 Å². The highest BCUT2D eigenvalue weighted by molar-refractivity contribution is 5.86. The Balaban J connectivity index is 2.09. The van der Waals surface area contributed by atoms with Crippen LogP contribution in [0.15, 0.2) is 0 Å². The minimum atomic E-state index is -0.927. The first kappa shape index (κ1) is 13.3. The van der Waals surface area contributed by atoms with Gasteiger partial charge in [0.2, 0.25) is 5.91 Å². The topological polar surface area (TPSA) is 69.6 Å². The minimum Gasteiger partial charge on any atom is -0.480 e. The van der Waals surface area contributed by atoms with Crippen LogP contribution in [-0.2, 0) is 9.59 Å². The highest BCUT2D eigenvalue weighted by Crippen LogP contribution is 2.34. The van der Waals surface area contributed by atoms with Gasteiger partial charge in [0.1, 0.15) is 6.54 Å². The molecule has 1 saturated carbocycles. The van der Waals surface area contributed by atoms with Gasteiger partial charge in [-0.15, -0.1) is 0 Å². The van der Waals surface area contributed by atoms with Gasteiger partial charge < -0.3 is 15.3 Å². The van der Waals surface area contributed by atoms with Crippen molar-refractivity contribution in [3.63, 3.8) is 0 Å². The highest BCUT2D eigenvalue weighted by Gasteiger charge is 2.43. The van der Waals surface area contributed by atoms with E-state index in [-0.39, 0.29) is 30.0 Å². The van der Waals surface area contributed by atoms with Crippen molar-refractivity contribution in [2.75, 3.05) is 13.1 Å². The molecule has 1 aliphatic heterocycles. The number of carboxylic acid groups (broad SMARTS) is 1. The highest BCUT2D eigenvalue weighted by atomic mass is 16.4. The van der Waals surface area contributed by atoms with Gasteiger partial charge in [-0.1, -0.05) is 13.8 Å². The Morgan fingerprint density at radius 2 is 2.06 bits per heavy atom. The van der Waals surface area contributed by atoms with Crippen LogP contribution in [-0.4, -0.2) is 47.1 Å². The first-order valence-corrected chi connectivity index (χ1v) is 6.67. The van der Waals surface area contributed by atoms with Gasteiger partial charge in [0.15, 0.2) is 0 Å². The molecule has 1 aliphatic carbocycles. The molecule has 1 atom stereocenters. The molecule has 1 unspecified atom stereocenters. The smallest absolute Gasteiger partial charge is 0.323 e. The summed E-state index contributed by atoms with van der Waals surface area (Å²) in [4.78, 5) is 25.0. The molecule has 2 N–H and O–H groups in total. The number of amides is 1. The Hall–Kier alpha value is -1.10. The molecule has 2 aliphatic rings. The lowest BCUT2D eigenvalue weighted by molar-refractivity contribution is -0.147. The Morgan fingerprint density at radius 3 is 2.56 bits per heavy atom. The van der Waals surface area contributed by atoms with Crippen LogP contribution in [0.25, 0.3) is 0 Å². The van der Waals surface area contributed by atoms with Crippen molar-refractivity contribution in [3.8, 4) is 0 Å². The van der Waals surface area contributed by atoms with E-state index in [9.17, 15) is 9.59 Å². The van der Waals surface area contributed by atoms with Crippen molar-refractivity contribution in [1.82, 2.24) is 10.2 Å². The summed E-state index contributed by atoms with van der Waals surface area (Å²) in [5.41, 5.74) is -0.0963. The molecular weight excluding hydrogens is 232 g/mol. The lowest BCUT2D eigenvalue weighted by Crippen LogP contribution is -2.57. The van der Waals surface area contributed by atoms with E-state index >= 15 is 0 Å². The fourth-order valence-electron chi connectivity index (χ4n) is 2.72. The van der Waals surface area contributed by atoms with E-state index in [1.807, 2.05) is 0 Å². The first-order chi connectivity index (χ1) is 8.42. The Labute approximate surface area is 108 Å². The third kappa shape index (κ3) is 2.83. The molecule has 2 rings (SSSR count). The van der Waals surface area contributed by atoms with Crippen LogP contribution in [0.1, 0.15) is 39.5 Å². The van der Waals surface area contributed by atoms with E-state index in [0.717, 1.165) is 32.2 Å². The zero-order chi connectivity index (χ0) is 13.3. The molecule has 0 aromatic heterocycles. The lowest BCUT2D eigenvalue weighted by Gasteiger charge is -2.40. The lowest BCUT2D eigenvalue weighted by atomic mass is 9.77. The SMILES string of the molecule is CC1(C)CCCNC1C(=O)N(CC(=O)O)C1CC1. The number of rotatable bonds is 4. The quantitative estimate of drug-likeness (QED) is 0.780. The van der Waals surface area contributed by atoms with E-state index in [2.05, 4.69) is 19.2 Å². The van der Waals surface area contributed by atoms with Crippen LogP contribution in [0, 0.1) is 5.41 Å². The Bertz CT molecular complexity index is 350. The van der Waals surface area contributed by atoms with Crippen LogP contribution in [0.4, 0.5) is 0 Å². The van der Waals surface area contributed by atoms with Crippen molar-refractivity contribution in [2.45, 2.75) is 51.6 Å². The molecule has 0 spiro atoms. The average molecular weight is 254 g/mol. The number of carboxylic acids is 1. The number of aliphatic carboxylic acids is 1. The van der Waals surface area contributed by atoms with Crippen LogP contribution < -0.4 is 5.32 Å². The molecule has 1 amide bonds. The molecule has 102 valence electrons. The molecule has 0 aromatic rings. The molecule has 0 radical (unpaired) electrons. The molecule has 0 bridgehead atoms. The van der Waals surface area contributed by atoms with E-state index in [1.165, 1.54) is 0 Å². The minimum absolute atomic E-state index is 0.0374. The maximum absolute atomic E-state index is 12.5. The molecule has 18 heavy (non-hydrogen) atoms. The molecule has 5 nitrogen and oxygen atoms in total. The second-order valence-corrected chi connectivity index (χ2v) is 6.07. The summed E-state index contributed by atoms with van der Waals surface area (Å²) in [6, 6.07) is -0.0978. The molecule has 2 fully saturated rings. The summed E-state index contributed by atoms with van der Waals surface area (Å²) in [7, 11) is 0. The van der Waals surface area contributed by atoms with Crippen molar-refractivity contribution < 1.29 is 14.7 Å². The number of piperidine rings is 1. The van der Waals surface area contributed by atoms with Crippen LogP contribution >= 0.6 is 0 Å². The van der Waals surface area contributed by atoms with Crippen molar-refractivity contribution in [3.05, 3.63) is 0 Å². The number of hydrogen-bond donors (Lipinski definition) is 2. The normalized spacial score (nSPS) is 26.7. The van der Waals surface area contributed by atoms with Gasteiger partial charge in [-0.3, -0.25) is 9.59 Å².